The number of urea groups is 1. The highest BCUT2D eigenvalue weighted by Gasteiger charge is 2.15. The van der Waals surface area contributed by atoms with E-state index >= 15 is 0 Å². The molecule has 1 heterocycles. The lowest BCUT2D eigenvalue weighted by molar-refractivity contribution is -0.123. The summed E-state index contributed by atoms with van der Waals surface area (Å²) in [5.41, 5.74) is 2.06. The Kier molecular flexibility index (Phi) is 7.90. The second-order valence-corrected chi connectivity index (χ2v) is 7.01. The monoisotopic (exact) mass is 449 g/mol. The van der Waals surface area contributed by atoms with E-state index in [2.05, 4.69) is 20.9 Å². The highest BCUT2D eigenvalue weighted by Crippen LogP contribution is 2.24. The number of hydrogen-bond acceptors (Lipinski definition) is 8. The minimum atomic E-state index is -0.777. The molecule has 0 saturated carbocycles. The van der Waals surface area contributed by atoms with Crippen molar-refractivity contribution in [2.45, 2.75) is 6.54 Å². The average molecular weight is 449 g/mol. The molecule has 0 radical (unpaired) electrons. The summed E-state index contributed by atoms with van der Waals surface area (Å²) in [7, 11) is 3.87. The summed E-state index contributed by atoms with van der Waals surface area (Å²) < 4.78 is 10.1. The maximum Gasteiger partial charge on any atom is 0.340 e. The second-order valence-electron chi connectivity index (χ2n) is 7.01. The number of esters is 1. The van der Waals surface area contributed by atoms with Crippen LogP contribution in [-0.2, 0) is 16.1 Å². The predicted molar refractivity (Wildman–Crippen MR) is 121 cm³/mol. The molecule has 33 heavy (non-hydrogen) atoms. The third-order valence-electron chi connectivity index (χ3n) is 4.35. The minimum absolute atomic E-state index is 0.113. The Morgan fingerprint density at radius 1 is 0.970 bits per heavy atom. The number of carbonyl (C=O) groups excluding carboxylic acids is 3. The molecule has 2 aromatic carbocycles. The van der Waals surface area contributed by atoms with Crippen molar-refractivity contribution in [3.05, 3.63) is 78.3 Å². The van der Waals surface area contributed by atoms with Gasteiger partial charge in [-0.3, -0.25) is 10.1 Å². The second kappa shape index (κ2) is 11.2. The quantitative estimate of drug-likeness (QED) is 0.396. The van der Waals surface area contributed by atoms with E-state index in [1.54, 1.807) is 42.5 Å². The van der Waals surface area contributed by atoms with Crippen LogP contribution in [0.1, 0.15) is 16.1 Å². The Hall–Kier alpha value is -4.47. The van der Waals surface area contributed by atoms with Crippen molar-refractivity contribution < 1.29 is 23.5 Å². The molecule has 0 saturated heterocycles. The van der Waals surface area contributed by atoms with Crippen LogP contribution < -0.4 is 15.5 Å². The van der Waals surface area contributed by atoms with E-state index < -0.39 is 24.5 Å². The van der Waals surface area contributed by atoms with Gasteiger partial charge in [0.1, 0.15) is 11.4 Å². The number of furan rings is 1. The molecule has 3 aromatic rings. The van der Waals surface area contributed by atoms with Gasteiger partial charge in [-0.2, -0.15) is 5.11 Å². The van der Waals surface area contributed by atoms with Gasteiger partial charge in [-0.25, -0.2) is 9.59 Å². The number of nitrogens with one attached hydrogen (secondary N) is 2. The number of hydrogen-bond donors (Lipinski definition) is 2. The molecule has 3 rings (SSSR count). The molecule has 3 amide bonds. The van der Waals surface area contributed by atoms with E-state index in [0.717, 1.165) is 5.69 Å². The zero-order valence-corrected chi connectivity index (χ0v) is 18.1. The van der Waals surface area contributed by atoms with Crippen LogP contribution >= 0.6 is 0 Å². The van der Waals surface area contributed by atoms with Gasteiger partial charge in [0.2, 0.25) is 0 Å². The largest absolute Gasteiger partial charge is 0.467 e. The molecule has 0 spiro atoms. The summed E-state index contributed by atoms with van der Waals surface area (Å²) in [6.07, 6.45) is 1.47. The van der Waals surface area contributed by atoms with Gasteiger partial charge in [0.05, 0.1) is 24.1 Å². The molecule has 0 aliphatic heterocycles. The maximum atomic E-state index is 12.4. The highest BCUT2D eigenvalue weighted by molar-refractivity contribution is 5.98. The first kappa shape index (κ1) is 23.2. The van der Waals surface area contributed by atoms with E-state index in [9.17, 15) is 14.4 Å². The number of imide groups is 1. The molecule has 10 heteroatoms. The third-order valence-corrected chi connectivity index (χ3v) is 4.35. The zero-order valence-electron chi connectivity index (χ0n) is 18.1. The number of azo groups is 1. The van der Waals surface area contributed by atoms with Crippen LogP contribution in [0.5, 0.6) is 0 Å². The molecule has 0 bridgehead atoms. The van der Waals surface area contributed by atoms with Crippen LogP contribution in [0, 0.1) is 0 Å². The fourth-order valence-electron chi connectivity index (χ4n) is 2.66. The number of anilines is 1. The van der Waals surface area contributed by atoms with Crippen LogP contribution in [0.4, 0.5) is 21.9 Å². The van der Waals surface area contributed by atoms with E-state index in [1.807, 2.05) is 31.1 Å². The number of benzene rings is 2. The molecular weight excluding hydrogens is 426 g/mol. The Morgan fingerprint density at radius 2 is 1.73 bits per heavy atom. The lowest BCUT2D eigenvalue weighted by Gasteiger charge is -2.11. The predicted octanol–water partition coefficient (Wildman–Crippen LogP) is 3.94. The molecule has 170 valence electrons. The minimum Gasteiger partial charge on any atom is -0.467 e. The van der Waals surface area contributed by atoms with Crippen LogP contribution in [0.25, 0.3) is 0 Å². The van der Waals surface area contributed by atoms with Gasteiger partial charge in [0.25, 0.3) is 5.91 Å². The van der Waals surface area contributed by atoms with E-state index in [4.69, 9.17) is 9.15 Å². The van der Waals surface area contributed by atoms with Crippen molar-refractivity contribution in [3.8, 4) is 0 Å². The summed E-state index contributed by atoms with van der Waals surface area (Å²) in [6, 6.07) is 16.5. The van der Waals surface area contributed by atoms with Gasteiger partial charge in [0, 0.05) is 19.8 Å². The first-order valence-electron chi connectivity index (χ1n) is 9.97. The SMILES string of the molecule is CN(C)c1ccc(N=Nc2ccccc2C(=O)OCC(=O)NC(=O)NCc2ccco2)cc1. The molecule has 10 nitrogen and oxygen atoms in total. The number of amides is 3. The lowest BCUT2D eigenvalue weighted by atomic mass is 10.2. The fraction of sp³-hybridized carbons (Fsp3) is 0.174. The molecule has 0 aliphatic carbocycles. The molecular formula is C23H23N5O5. The Balaban J connectivity index is 1.53. The molecule has 2 N–H and O–H groups in total. The number of carbonyl (C=O) groups is 3. The Morgan fingerprint density at radius 3 is 2.42 bits per heavy atom. The van der Waals surface area contributed by atoms with Crippen molar-refractivity contribution in [2.24, 2.45) is 10.2 Å². The van der Waals surface area contributed by atoms with Crippen molar-refractivity contribution in [3.63, 3.8) is 0 Å². The number of rotatable bonds is 8. The summed E-state index contributed by atoms with van der Waals surface area (Å²) in [5.74, 6) is -1.01. The summed E-state index contributed by atoms with van der Waals surface area (Å²) >= 11 is 0. The molecule has 0 atom stereocenters. The topological polar surface area (TPSA) is 126 Å². The average Bonchev–Trinajstić information content (AvgIpc) is 3.34. The first-order chi connectivity index (χ1) is 15.9. The van der Waals surface area contributed by atoms with Gasteiger partial charge in [-0.05, 0) is 48.5 Å². The van der Waals surface area contributed by atoms with Gasteiger partial charge in [-0.15, -0.1) is 5.11 Å². The first-order valence-corrected chi connectivity index (χ1v) is 9.97. The third kappa shape index (κ3) is 7.03. The molecule has 0 fully saturated rings. The Bertz CT molecular complexity index is 1120. The van der Waals surface area contributed by atoms with Crippen LogP contribution in [0.2, 0.25) is 0 Å². The van der Waals surface area contributed by atoms with Crippen molar-refractivity contribution in [1.29, 1.82) is 0 Å². The smallest absolute Gasteiger partial charge is 0.340 e. The van der Waals surface area contributed by atoms with E-state index in [-0.39, 0.29) is 17.8 Å². The van der Waals surface area contributed by atoms with Crippen LogP contribution in [0.15, 0.2) is 81.6 Å². The summed E-state index contributed by atoms with van der Waals surface area (Å²) in [4.78, 5) is 38.1. The zero-order chi connectivity index (χ0) is 23.6. The molecule has 1 aromatic heterocycles. The normalized spacial score (nSPS) is 10.6. The van der Waals surface area contributed by atoms with Crippen molar-refractivity contribution in [1.82, 2.24) is 10.6 Å². The van der Waals surface area contributed by atoms with Crippen molar-refractivity contribution >= 4 is 35.0 Å². The van der Waals surface area contributed by atoms with Gasteiger partial charge >= 0.3 is 12.0 Å². The van der Waals surface area contributed by atoms with Gasteiger partial charge in [-0.1, -0.05) is 12.1 Å². The summed E-state index contributed by atoms with van der Waals surface area (Å²) in [6.45, 7) is -0.521. The van der Waals surface area contributed by atoms with Crippen molar-refractivity contribution in [2.75, 3.05) is 25.6 Å². The lowest BCUT2D eigenvalue weighted by Crippen LogP contribution is -2.41. The fourth-order valence-corrected chi connectivity index (χ4v) is 2.66. The standard InChI is InChI=1S/C23H23N5O5/c1-28(2)17-11-9-16(10-12-17)26-27-20-8-4-3-7-19(20)22(30)33-15-21(29)25-23(31)24-14-18-6-5-13-32-18/h3-13H,14-15H2,1-2H3,(H2,24,25,29,31). The maximum absolute atomic E-state index is 12.4. The van der Waals surface area contributed by atoms with Gasteiger partial charge < -0.3 is 19.4 Å². The number of ether oxygens (including phenoxy) is 1. The van der Waals surface area contributed by atoms with Crippen LogP contribution in [-0.4, -0.2) is 38.6 Å². The van der Waals surface area contributed by atoms with E-state index in [0.29, 0.717) is 11.4 Å². The van der Waals surface area contributed by atoms with E-state index in [1.165, 1.54) is 12.3 Å². The summed E-state index contributed by atoms with van der Waals surface area (Å²) in [5, 5.41) is 12.8. The van der Waals surface area contributed by atoms with Gasteiger partial charge in [0.15, 0.2) is 6.61 Å². The molecule has 0 unspecified atom stereocenters. The highest BCUT2D eigenvalue weighted by atomic mass is 16.5. The number of nitrogens with zero attached hydrogens (tertiary/aromatic N) is 3. The molecule has 0 aliphatic rings. The Labute approximate surface area is 190 Å². The van der Waals surface area contributed by atoms with Crippen LogP contribution in [0.3, 0.4) is 0 Å².